The number of ether oxygens (including phenoxy) is 2. The molecule has 0 aliphatic heterocycles. The standard InChI is InChI=1S/C17H25NO4/c1-5-13-6-8-14(9-7-13)22-11-16(19)18-15(10-12(2)3)17(20)21-4/h6-9,12,15H,5,10-11H2,1-4H3,(H,18,19). The molecule has 1 atom stereocenters. The first-order valence-electron chi connectivity index (χ1n) is 7.55. The van der Waals surface area contributed by atoms with Gasteiger partial charge in [0.2, 0.25) is 0 Å². The van der Waals surface area contributed by atoms with Gasteiger partial charge in [0, 0.05) is 0 Å². The summed E-state index contributed by atoms with van der Waals surface area (Å²) in [7, 11) is 1.31. The van der Waals surface area contributed by atoms with Crippen molar-refractivity contribution in [1.82, 2.24) is 5.32 Å². The Morgan fingerprint density at radius 3 is 2.32 bits per heavy atom. The molecule has 0 aliphatic rings. The summed E-state index contributed by atoms with van der Waals surface area (Å²) in [6, 6.07) is 6.95. The lowest BCUT2D eigenvalue weighted by atomic mass is 10.0. The van der Waals surface area contributed by atoms with Crippen LogP contribution in [0.3, 0.4) is 0 Å². The number of rotatable bonds is 8. The fourth-order valence-corrected chi connectivity index (χ4v) is 2.03. The number of hydrogen-bond acceptors (Lipinski definition) is 4. The molecule has 1 amide bonds. The van der Waals surface area contributed by atoms with Crippen LogP contribution in [0.2, 0.25) is 0 Å². The van der Waals surface area contributed by atoms with Crippen LogP contribution < -0.4 is 10.1 Å². The highest BCUT2D eigenvalue weighted by molar-refractivity contribution is 5.85. The minimum atomic E-state index is -0.636. The van der Waals surface area contributed by atoms with E-state index in [1.165, 1.54) is 12.7 Å². The van der Waals surface area contributed by atoms with Gasteiger partial charge in [-0.3, -0.25) is 4.79 Å². The molecule has 5 heteroatoms. The van der Waals surface area contributed by atoms with Crippen LogP contribution in [0.15, 0.2) is 24.3 Å². The molecule has 0 aliphatic carbocycles. The average molecular weight is 307 g/mol. The lowest BCUT2D eigenvalue weighted by molar-refractivity contribution is -0.145. The molecule has 0 bridgehead atoms. The van der Waals surface area contributed by atoms with Crippen LogP contribution in [0.1, 0.15) is 32.8 Å². The molecular formula is C17H25NO4. The molecule has 1 N–H and O–H groups in total. The summed E-state index contributed by atoms with van der Waals surface area (Å²) in [5, 5.41) is 2.65. The van der Waals surface area contributed by atoms with E-state index in [0.29, 0.717) is 12.2 Å². The zero-order valence-corrected chi connectivity index (χ0v) is 13.7. The number of carbonyl (C=O) groups is 2. The molecule has 1 unspecified atom stereocenters. The molecule has 0 spiro atoms. The average Bonchev–Trinajstić information content (AvgIpc) is 2.51. The number of amides is 1. The third-order valence-electron chi connectivity index (χ3n) is 3.23. The highest BCUT2D eigenvalue weighted by atomic mass is 16.5. The maximum absolute atomic E-state index is 11.9. The Bertz CT molecular complexity index is 482. The lowest BCUT2D eigenvalue weighted by Crippen LogP contribution is -2.44. The molecule has 1 aromatic carbocycles. The van der Waals surface area contributed by atoms with Gasteiger partial charge < -0.3 is 14.8 Å². The van der Waals surface area contributed by atoms with Crippen LogP contribution >= 0.6 is 0 Å². The third-order valence-corrected chi connectivity index (χ3v) is 3.23. The van der Waals surface area contributed by atoms with Crippen molar-refractivity contribution in [2.24, 2.45) is 5.92 Å². The minimum absolute atomic E-state index is 0.128. The van der Waals surface area contributed by atoms with Crippen LogP contribution in [0.25, 0.3) is 0 Å². The summed E-state index contributed by atoms with van der Waals surface area (Å²) in [5.74, 6) is 0.128. The Labute approximate surface area is 132 Å². The normalized spacial score (nSPS) is 11.9. The number of esters is 1. The third kappa shape index (κ3) is 6.16. The first-order valence-corrected chi connectivity index (χ1v) is 7.55. The summed E-state index contributed by atoms with van der Waals surface area (Å²) >= 11 is 0. The highest BCUT2D eigenvalue weighted by Crippen LogP contribution is 2.12. The van der Waals surface area contributed by atoms with Gasteiger partial charge in [-0.2, -0.15) is 0 Å². The Kier molecular flexibility index (Phi) is 7.43. The summed E-state index contributed by atoms with van der Waals surface area (Å²) in [5.41, 5.74) is 1.21. The monoisotopic (exact) mass is 307 g/mol. The van der Waals surface area contributed by atoms with E-state index in [1.807, 2.05) is 38.1 Å². The van der Waals surface area contributed by atoms with Gasteiger partial charge in [0.05, 0.1) is 7.11 Å². The zero-order chi connectivity index (χ0) is 16.5. The summed E-state index contributed by atoms with van der Waals surface area (Å²) in [6.07, 6.45) is 1.49. The van der Waals surface area contributed by atoms with E-state index in [4.69, 9.17) is 9.47 Å². The number of aryl methyl sites for hydroxylation is 1. The highest BCUT2D eigenvalue weighted by Gasteiger charge is 2.22. The van der Waals surface area contributed by atoms with Gasteiger partial charge in [0.25, 0.3) is 5.91 Å². The van der Waals surface area contributed by atoms with Crippen molar-refractivity contribution < 1.29 is 19.1 Å². The summed E-state index contributed by atoms with van der Waals surface area (Å²) < 4.78 is 10.1. The minimum Gasteiger partial charge on any atom is -0.484 e. The molecule has 0 aromatic heterocycles. The Morgan fingerprint density at radius 2 is 1.82 bits per heavy atom. The number of benzene rings is 1. The van der Waals surface area contributed by atoms with Gasteiger partial charge in [0.15, 0.2) is 6.61 Å². The van der Waals surface area contributed by atoms with Gasteiger partial charge in [-0.25, -0.2) is 4.79 Å². The number of methoxy groups -OCH3 is 1. The second-order valence-electron chi connectivity index (χ2n) is 5.56. The molecule has 0 saturated carbocycles. The van der Waals surface area contributed by atoms with E-state index < -0.39 is 12.0 Å². The zero-order valence-electron chi connectivity index (χ0n) is 13.7. The van der Waals surface area contributed by atoms with Crippen LogP contribution in [0.4, 0.5) is 0 Å². The van der Waals surface area contributed by atoms with Gasteiger partial charge in [0.1, 0.15) is 11.8 Å². The largest absolute Gasteiger partial charge is 0.484 e. The van der Waals surface area contributed by atoms with Crippen molar-refractivity contribution >= 4 is 11.9 Å². The molecule has 0 saturated heterocycles. The van der Waals surface area contributed by atoms with Crippen LogP contribution in [0.5, 0.6) is 5.75 Å². The molecule has 1 aromatic rings. The molecule has 0 fully saturated rings. The van der Waals surface area contributed by atoms with E-state index in [0.717, 1.165) is 6.42 Å². The number of hydrogen-bond donors (Lipinski definition) is 1. The van der Waals surface area contributed by atoms with Crippen molar-refractivity contribution in [3.63, 3.8) is 0 Å². The maximum Gasteiger partial charge on any atom is 0.328 e. The molecule has 5 nitrogen and oxygen atoms in total. The topological polar surface area (TPSA) is 64.6 Å². The second kappa shape index (κ2) is 9.07. The molecule has 0 radical (unpaired) electrons. The number of nitrogens with one attached hydrogen (secondary N) is 1. The van der Waals surface area contributed by atoms with Crippen molar-refractivity contribution in [2.75, 3.05) is 13.7 Å². The van der Waals surface area contributed by atoms with E-state index >= 15 is 0 Å². The van der Waals surface area contributed by atoms with Gasteiger partial charge in [-0.1, -0.05) is 32.9 Å². The van der Waals surface area contributed by atoms with Crippen LogP contribution in [0, 0.1) is 5.92 Å². The predicted molar refractivity (Wildman–Crippen MR) is 84.7 cm³/mol. The van der Waals surface area contributed by atoms with Gasteiger partial charge >= 0.3 is 5.97 Å². The Balaban J connectivity index is 2.50. The molecular weight excluding hydrogens is 282 g/mol. The van der Waals surface area contributed by atoms with E-state index in [9.17, 15) is 9.59 Å². The fraction of sp³-hybridized carbons (Fsp3) is 0.529. The van der Waals surface area contributed by atoms with E-state index in [-0.39, 0.29) is 18.4 Å². The molecule has 122 valence electrons. The summed E-state index contributed by atoms with van der Waals surface area (Å²) in [6.45, 7) is 5.91. The summed E-state index contributed by atoms with van der Waals surface area (Å²) in [4.78, 5) is 23.6. The maximum atomic E-state index is 11.9. The van der Waals surface area contributed by atoms with Crippen LogP contribution in [-0.2, 0) is 20.7 Å². The Hall–Kier alpha value is -2.04. The van der Waals surface area contributed by atoms with E-state index in [2.05, 4.69) is 12.2 Å². The first kappa shape index (κ1) is 18.0. The number of carbonyl (C=O) groups excluding carboxylic acids is 2. The molecule has 22 heavy (non-hydrogen) atoms. The van der Waals surface area contributed by atoms with Crippen molar-refractivity contribution in [3.05, 3.63) is 29.8 Å². The second-order valence-corrected chi connectivity index (χ2v) is 5.56. The lowest BCUT2D eigenvalue weighted by Gasteiger charge is -2.18. The molecule has 0 heterocycles. The van der Waals surface area contributed by atoms with Crippen molar-refractivity contribution in [3.8, 4) is 5.75 Å². The van der Waals surface area contributed by atoms with Crippen LogP contribution in [-0.4, -0.2) is 31.6 Å². The van der Waals surface area contributed by atoms with Gasteiger partial charge in [-0.05, 0) is 36.5 Å². The first-order chi connectivity index (χ1) is 10.5. The molecule has 1 rings (SSSR count). The SMILES string of the molecule is CCc1ccc(OCC(=O)NC(CC(C)C)C(=O)OC)cc1. The quantitative estimate of drug-likeness (QED) is 0.749. The van der Waals surface area contributed by atoms with E-state index in [1.54, 1.807) is 0 Å². The Morgan fingerprint density at radius 1 is 1.18 bits per heavy atom. The van der Waals surface area contributed by atoms with Gasteiger partial charge in [-0.15, -0.1) is 0 Å². The fourth-order valence-electron chi connectivity index (χ4n) is 2.03. The van der Waals surface area contributed by atoms with Crippen molar-refractivity contribution in [1.29, 1.82) is 0 Å². The smallest absolute Gasteiger partial charge is 0.328 e. The predicted octanol–water partition coefficient (Wildman–Crippen LogP) is 2.33. The van der Waals surface area contributed by atoms with Crippen molar-refractivity contribution in [2.45, 2.75) is 39.7 Å².